The van der Waals surface area contributed by atoms with E-state index >= 15 is 0 Å². The lowest BCUT2D eigenvalue weighted by Crippen LogP contribution is -2.30. The summed E-state index contributed by atoms with van der Waals surface area (Å²) in [5, 5.41) is 17.0. The molecule has 0 rings (SSSR count). The molecule has 4 nitrogen and oxygen atoms in total. The zero-order chi connectivity index (χ0) is 11.7. The predicted molar refractivity (Wildman–Crippen MR) is 58.4 cm³/mol. The van der Waals surface area contributed by atoms with Crippen LogP contribution in [-0.2, 0) is 4.79 Å². The van der Waals surface area contributed by atoms with Gasteiger partial charge in [-0.05, 0) is 18.9 Å². The molecule has 86 valence electrons. The minimum atomic E-state index is -0.750. The summed E-state index contributed by atoms with van der Waals surface area (Å²) < 4.78 is 0. The molecule has 0 aromatic rings. The van der Waals surface area contributed by atoms with Crippen LogP contribution >= 0.6 is 0 Å². The van der Waals surface area contributed by atoms with Crippen LogP contribution in [0.5, 0.6) is 0 Å². The maximum Gasteiger partial charge on any atom is 0.303 e. The van der Waals surface area contributed by atoms with E-state index in [1.165, 1.54) is 0 Å². The van der Waals surface area contributed by atoms with Crippen LogP contribution in [0.3, 0.4) is 0 Å². The van der Waals surface area contributed by atoms with Gasteiger partial charge in [0.15, 0.2) is 0 Å². The van der Waals surface area contributed by atoms with Gasteiger partial charge in [0, 0.05) is 25.9 Å². The zero-order valence-corrected chi connectivity index (χ0v) is 9.57. The van der Waals surface area contributed by atoms with Crippen LogP contribution in [0.25, 0.3) is 0 Å². The second kappa shape index (κ2) is 8.25. The van der Waals surface area contributed by atoms with Crippen LogP contribution in [0.2, 0.25) is 0 Å². The predicted octanol–water partition coefficient (Wildman–Crippen LogP) is 1.72. The summed E-state index contributed by atoms with van der Waals surface area (Å²) in [6.45, 7) is 6.69. The molecule has 0 unspecified atom stereocenters. The van der Waals surface area contributed by atoms with Crippen LogP contribution in [0.4, 0.5) is 0 Å². The highest BCUT2D eigenvalue weighted by Crippen LogP contribution is 2.02. The third kappa shape index (κ3) is 9.23. The highest BCUT2D eigenvalue weighted by Gasteiger charge is 2.07. The molecule has 0 spiro atoms. The van der Waals surface area contributed by atoms with Gasteiger partial charge in [-0.25, -0.2) is 0 Å². The van der Waals surface area contributed by atoms with E-state index in [2.05, 4.69) is 24.8 Å². The number of hydrogen-bond acceptors (Lipinski definition) is 3. The maximum atomic E-state index is 10.3. The Labute approximate surface area is 91.5 Å². The van der Waals surface area contributed by atoms with Gasteiger partial charge in [-0.2, -0.15) is 5.26 Å². The lowest BCUT2D eigenvalue weighted by molar-refractivity contribution is -0.137. The first-order valence-corrected chi connectivity index (χ1v) is 5.37. The summed E-state index contributed by atoms with van der Waals surface area (Å²) in [6, 6.07) is 2.11. The van der Waals surface area contributed by atoms with Crippen LogP contribution in [0.15, 0.2) is 0 Å². The van der Waals surface area contributed by atoms with E-state index in [9.17, 15) is 4.79 Å². The van der Waals surface area contributed by atoms with Crippen LogP contribution in [0.1, 0.15) is 33.1 Å². The van der Waals surface area contributed by atoms with Gasteiger partial charge in [0.1, 0.15) is 0 Å². The fourth-order valence-corrected chi connectivity index (χ4v) is 1.47. The molecule has 0 aromatic carbocycles. The molecule has 0 atom stereocenters. The Morgan fingerprint density at radius 1 is 1.47 bits per heavy atom. The third-order valence-corrected chi connectivity index (χ3v) is 2.03. The number of carbonyl (C=O) groups is 1. The number of aliphatic carboxylic acids is 1. The number of carboxylic acid groups (broad SMARTS) is 1. The highest BCUT2D eigenvalue weighted by molar-refractivity contribution is 5.66. The molecule has 0 amide bonds. The monoisotopic (exact) mass is 212 g/mol. The fraction of sp³-hybridized carbons (Fsp3) is 0.818. The van der Waals surface area contributed by atoms with Crippen molar-refractivity contribution in [3.05, 3.63) is 0 Å². The molecule has 0 saturated heterocycles. The number of nitrogens with zero attached hydrogens (tertiary/aromatic N) is 2. The molecule has 0 radical (unpaired) electrons. The molecule has 1 N–H and O–H groups in total. The van der Waals surface area contributed by atoms with E-state index in [1.807, 2.05) is 0 Å². The Bertz CT molecular complexity index is 221. The summed E-state index contributed by atoms with van der Waals surface area (Å²) >= 11 is 0. The number of rotatable bonds is 8. The summed E-state index contributed by atoms with van der Waals surface area (Å²) in [4.78, 5) is 12.5. The second-order valence-electron chi connectivity index (χ2n) is 4.10. The van der Waals surface area contributed by atoms with E-state index in [0.717, 1.165) is 19.6 Å². The van der Waals surface area contributed by atoms with Crippen molar-refractivity contribution in [2.75, 3.05) is 19.6 Å². The highest BCUT2D eigenvalue weighted by atomic mass is 16.4. The first-order valence-electron chi connectivity index (χ1n) is 5.37. The van der Waals surface area contributed by atoms with Crippen LogP contribution in [-0.4, -0.2) is 35.6 Å². The second-order valence-corrected chi connectivity index (χ2v) is 4.10. The third-order valence-electron chi connectivity index (χ3n) is 2.03. The molecule has 15 heavy (non-hydrogen) atoms. The molecule has 0 fully saturated rings. The van der Waals surface area contributed by atoms with Gasteiger partial charge in [-0.1, -0.05) is 13.8 Å². The van der Waals surface area contributed by atoms with Crippen molar-refractivity contribution in [3.63, 3.8) is 0 Å². The molecule has 0 aliphatic heterocycles. The van der Waals surface area contributed by atoms with Crippen molar-refractivity contribution in [1.29, 1.82) is 5.26 Å². The van der Waals surface area contributed by atoms with Crippen molar-refractivity contribution >= 4 is 5.97 Å². The lowest BCUT2D eigenvalue weighted by Gasteiger charge is -2.22. The van der Waals surface area contributed by atoms with Gasteiger partial charge in [0.25, 0.3) is 0 Å². The molecular formula is C11H20N2O2. The topological polar surface area (TPSA) is 64.3 Å². The van der Waals surface area contributed by atoms with E-state index in [1.54, 1.807) is 0 Å². The van der Waals surface area contributed by atoms with Crippen LogP contribution < -0.4 is 0 Å². The van der Waals surface area contributed by atoms with Gasteiger partial charge >= 0.3 is 5.97 Å². The lowest BCUT2D eigenvalue weighted by atomic mass is 10.2. The Balaban J connectivity index is 3.79. The number of carboxylic acids is 1. The minimum absolute atomic E-state index is 0.209. The van der Waals surface area contributed by atoms with E-state index < -0.39 is 5.97 Å². The molecule has 0 saturated carbocycles. The largest absolute Gasteiger partial charge is 0.481 e. The molecule has 0 aliphatic rings. The minimum Gasteiger partial charge on any atom is -0.481 e. The molecule has 0 heterocycles. The van der Waals surface area contributed by atoms with E-state index in [0.29, 0.717) is 18.8 Å². The Hall–Kier alpha value is -1.08. The average Bonchev–Trinajstić information content (AvgIpc) is 2.12. The van der Waals surface area contributed by atoms with Gasteiger partial charge in [0.2, 0.25) is 0 Å². The zero-order valence-electron chi connectivity index (χ0n) is 9.57. The van der Waals surface area contributed by atoms with Crippen molar-refractivity contribution < 1.29 is 9.90 Å². The Kier molecular flexibility index (Phi) is 7.65. The van der Waals surface area contributed by atoms with Crippen molar-refractivity contribution in [2.24, 2.45) is 5.92 Å². The average molecular weight is 212 g/mol. The number of hydrogen-bond donors (Lipinski definition) is 1. The standard InChI is InChI=1S/C11H20N2O2/c1-10(2)9-13(8-4-6-12)7-3-5-11(14)15/h10H,3-5,7-9H2,1-2H3,(H,14,15). The quantitative estimate of drug-likeness (QED) is 0.665. The fourth-order valence-electron chi connectivity index (χ4n) is 1.47. The van der Waals surface area contributed by atoms with Crippen LogP contribution in [0, 0.1) is 17.2 Å². The van der Waals surface area contributed by atoms with Gasteiger partial charge in [-0.3, -0.25) is 4.79 Å². The SMILES string of the molecule is CC(C)CN(CCC#N)CCCC(=O)O. The molecular weight excluding hydrogens is 192 g/mol. The van der Waals surface area contributed by atoms with Gasteiger partial charge < -0.3 is 10.0 Å². The Morgan fingerprint density at radius 3 is 2.60 bits per heavy atom. The van der Waals surface area contributed by atoms with Gasteiger partial charge in [0.05, 0.1) is 6.07 Å². The smallest absolute Gasteiger partial charge is 0.303 e. The molecule has 0 aliphatic carbocycles. The van der Waals surface area contributed by atoms with Crippen molar-refractivity contribution in [2.45, 2.75) is 33.1 Å². The van der Waals surface area contributed by atoms with Crippen molar-refractivity contribution in [3.8, 4) is 6.07 Å². The van der Waals surface area contributed by atoms with E-state index in [4.69, 9.17) is 10.4 Å². The normalized spacial score (nSPS) is 10.6. The molecule has 4 heteroatoms. The summed E-state index contributed by atoms with van der Waals surface area (Å²) in [7, 11) is 0. The number of nitriles is 1. The summed E-state index contributed by atoms with van der Waals surface area (Å²) in [5.74, 6) is -0.201. The summed E-state index contributed by atoms with van der Waals surface area (Å²) in [6.07, 6.45) is 1.38. The van der Waals surface area contributed by atoms with Crippen molar-refractivity contribution in [1.82, 2.24) is 4.90 Å². The Morgan fingerprint density at radius 2 is 2.13 bits per heavy atom. The summed E-state index contributed by atoms with van der Waals surface area (Å²) in [5.41, 5.74) is 0. The van der Waals surface area contributed by atoms with Gasteiger partial charge in [-0.15, -0.1) is 0 Å². The first kappa shape index (κ1) is 13.9. The van der Waals surface area contributed by atoms with E-state index in [-0.39, 0.29) is 6.42 Å². The molecule has 0 bridgehead atoms. The first-order chi connectivity index (χ1) is 7.06. The molecule has 0 aromatic heterocycles. The maximum absolute atomic E-state index is 10.3.